The molecule has 0 spiro atoms. The number of nitrogens with one attached hydrogen (secondary N) is 1. The molecule has 1 heterocycles. The Hall–Kier alpha value is -4.20. The van der Waals surface area contributed by atoms with Crippen molar-refractivity contribution in [3.63, 3.8) is 0 Å². The molecule has 0 aromatic heterocycles. The minimum atomic E-state index is -0.315. The smallest absolute Gasteiger partial charge is 0.265 e. The van der Waals surface area contributed by atoms with E-state index >= 15 is 0 Å². The van der Waals surface area contributed by atoms with Gasteiger partial charge in [-0.15, -0.1) is 0 Å². The highest BCUT2D eigenvalue weighted by Gasteiger charge is 2.25. The zero-order valence-corrected chi connectivity index (χ0v) is 20.5. The molecule has 0 radical (unpaired) electrons. The van der Waals surface area contributed by atoms with Crippen molar-refractivity contribution in [2.24, 2.45) is 0 Å². The van der Waals surface area contributed by atoms with Gasteiger partial charge in [0.1, 0.15) is 23.0 Å². The van der Waals surface area contributed by atoms with E-state index in [-0.39, 0.29) is 25.0 Å². The number of fused-ring (bicyclic) bond motifs is 1. The Morgan fingerprint density at radius 2 is 1.75 bits per heavy atom. The minimum Gasteiger partial charge on any atom is -0.494 e. The molecule has 8 heteroatoms. The molecule has 0 unspecified atom stereocenters. The van der Waals surface area contributed by atoms with Gasteiger partial charge >= 0.3 is 0 Å². The lowest BCUT2D eigenvalue weighted by atomic mass is 10.2. The van der Waals surface area contributed by atoms with Crippen molar-refractivity contribution in [1.82, 2.24) is 0 Å². The molecule has 1 aliphatic rings. The fraction of sp³-hybridized carbons (Fsp3) is 0.286. The van der Waals surface area contributed by atoms with E-state index in [1.807, 2.05) is 38.1 Å². The van der Waals surface area contributed by atoms with Crippen molar-refractivity contribution in [3.05, 3.63) is 72.3 Å². The first-order chi connectivity index (χ1) is 17.5. The predicted molar refractivity (Wildman–Crippen MR) is 137 cm³/mol. The lowest BCUT2D eigenvalue weighted by molar-refractivity contribution is -0.121. The Bertz CT molecular complexity index is 1190. The molecule has 4 rings (SSSR count). The lowest BCUT2D eigenvalue weighted by Crippen LogP contribution is -2.39. The van der Waals surface area contributed by atoms with E-state index in [1.165, 1.54) is 0 Å². The lowest BCUT2D eigenvalue weighted by Gasteiger charge is -2.30. The predicted octanol–water partition coefficient (Wildman–Crippen LogP) is 4.61. The number of ether oxygens (including phenoxy) is 4. The molecule has 0 bridgehead atoms. The second-order valence-corrected chi connectivity index (χ2v) is 8.28. The van der Waals surface area contributed by atoms with E-state index in [1.54, 1.807) is 47.4 Å². The monoisotopic (exact) mass is 490 g/mol. The molecule has 3 aromatic rings. The molecule has 0 atom stereocenters. The van der Waals surface area contributed by atoms with Crippen LogP contribution in [0.2, 0.25) is 0 Å². The van der Waals surface area contributed by atoms with E-state index in [0.717, 1.165) is 17.1 Å². The third-order valence-corrected chi connectivity index (χ3v) is 5.47. The summed E-state index contributed by atoms with van der Waals surface area (Å²) in [7, 11) is 0. The number of nitrogens with zero attached hydrogens (tertiary/aromatic N) is 1. The summed E-state index contributed by atoms with van der Waals surface area (Å²) < 4.78 is 22.4. The minimum absolute atomic E-state index is 0.0205. The highest BCUT2D eigenvalue weighted by molar-refractivity contribution is 5.99. The van der Waals surface area contributed by atoms with Crippen molar-refractivity contribution >= 4 is 23.2 Å². The summed E-state index contributed by atoms with van der Waals surface area (Å²) in [4.78, 5) is 26.7. The van der Waals surface area contributed by atoms with Crippen LogP contribution in [-0.4, -0.2) is 44.8 Å². The Kier molecular flexibility index (Phi) is 8.28. The van der Waals surface area contributed by atoms with Crippen LogP contribution in [0.1, 0.15) is 18.9 Å². The van der Waals surface area contributed by atoms with E-state index in [0.29, 0.717) is 49.1 Å². The van der Waals surface area contributed by atoms with Gasteiger partial charge in [0.15, 0.2) is 13.2 Å². The van der Waals surface area contributed by atoms with Crippen LogP contribution in [0.25, 0.3) is 0 Å². The van der Waals surface area contributed by atoms with Gasteiger partial charge in [0.05, 0.1) is 18.9 Å². The maximum Gasteiger partial charge on any atom is 0.265 e. The van der Waals surface area contributed by atoms with E-state index in [4.69, 9.17) is 18.9 Å². The van der Waals surface area contributed by atoms with Crippen molar-refractivity contribution in [2.75, 3.05) is 43.2 Å². The Morgan fingerprint density at radius 1 is 0.972 bits per heavy atom. The van der Waals surface area contributed by atoms with Crippen LogP contribution >= 0.6 is 0 Å². The number of amides is 2. The molecule has 188 valence electrons. The summed E-state index contributed by atoms with van der Waals surface area (Å²) >= 11 is 0. The zero-order chi connectivity index (χ0) is 25.3. The second kappa shape index (κ2) is 12.0. The molecule has 3 aromatic carbocycles. The number of aryl methyl sites for hydroxylation is 1. The Balaban J connectivity index is 1.32. The Morgan fingerprint density at radius 3 is 2.50 bits per heavy atom. The van der Waals surface area contributed by atoms with Gasteiger partial charge in [0, 0.05) is 12.2 Å². The van der Waals surface area contributed by atoms with E-state index in [2.05, 4.69) is 5.32 Å². The van der Waals surface area contributed by atoms with E-state index < -0.39 is 0 Å². The van der Waals surface area contributed by atoms with Gasteiger partial charge in [0.2, 0.25) is 0 Å². The first kappa shape index (κ1) is 24.9. The van der Waals surface area contributed by atoms with Gasteiger partial charge < -0.3 is 29.2 Å². The number of hydrogen-bond donors (Lipinski definition) is 1. The number of carbonyl (C=O) groups is 2. The first-order valence-electron chi connectivity index (χ1n) is 11.9. The molecule has 1 N–H and O–H groups in total. The van der Waals surface area contributed by atoms with Gasteiger partial charge in [-0.1, -0.05) is 12.1 Å². The molecule has 2 amide bonds. The third kappa shape index (κ3) is 6.69. The number of carbonyl (C=O) groups excluding carboxylic acids is 2. The van der Waals surface area contributed by atoms with Crippen LogP contribution < -0.4 is 29.2 Å². The molecular weight excluding hydrogens is 460 g/mol. The molecule has 0 aliphatic carbocycles. The number of rotatable bonds is 11. The van der Waals surface area contributed by atoms with Crippen LogP contribution in [0.4, 0.5) is 11.4 Å². The quantitative estimate of drug-likeness (QED) is 0.395. The second-order valence-electron chi connectivity index (χ2n) is 8.28. The van der Waals surface area contributed by atoms with Gasteiger partial charge in [-0.25, -0.2) is 0 Å². The van der Waals surface area contributed by atoms with Crippen molar-refractivity contribution in [2.45, 2.75) is 20.3 Å². The zero-order valence-electron chi connectivity index (χ0n) is 20.5. The number of anilines is 2. The average molecular weight is 491 g/mol. The summed E-state index contributed by atoms with van der Waals surface area (Å²) in [6.45, 7) is 5.28. The van der Waals surface area contributed by atoms with Crippen molar-refractivity contribution < 1.29 is 28.5 Å². The molecular formula is C28H30N2O6. The maximum absolute atomic E-state index is 12.6. The van der Waals surface area contributed by atoms with Crippen LogP contribution in [0.3, 0.4) is 0 Å². The molecule has 0 saturated carbocycles. The average Bonchev–Trinajstić information content (AvgIpc) is 2.87. The summed E-state index contributed by atoms with van der Waals surface area (Å²) in [6.07, 6.45) is 0.644. The molecule has 0 fully saturated rings. The van der Waals surface area contributed by atoms with Crippen LogP contribution in [0, 0.1) is 6.92 Å². The van der Waals surface area contributed by atoms with Crippen LogP contribution in [0.5, 0.6) is 23.0 Å². The van der Waals surface area contributed by atoms with Gasteiger partial charge in [-0.3, -0.25) is 9.59 Å². The first-order valence-corrected chi connectivity index (χ1v) is 11.9. The fourth-order valence-electron chi connectivity index (χ4n) is 3.79. The molecule has 1 aliphatic heterocycles. The summed E-state index contributed by atoms with van der Waals surface area (Å²) in [5, 5.41) is 2.82. The van der Waals surface area contributed by atoms with Gasteiger partial charge in [0.25, 0.3) is 11.8 Å². The summed E-state index contributed by atoms with van der Waals surface area (Å²) in [5.41, 5.74) is 2.30. The highest BCUT2D eigenvalue weighted by atomic mass is 16.5. The highest BCUT2D eigenvalue weighted by Crippen LogP contribution is 2.34. The molecule has 8 nitrogen and oxygen atoms in total. The largest absolute Gasteiger partial charge is 0.494 e. The summed E-state index contributed by atoms with van der Waals surface area (Å²) in [6, 6.07) is 20.2. The molecule has 36 heavy (non-hydrogen) atoms. The normalized spacial score (nSPS) is 12.4. The van der Waals surface area contributed by atoms with E-state index in [9.17, 15) is 9.59 Å². The van der Waals surface area contributed by atoms with Crippen molar-refractivity contribution in [1.29, 1.82) is 0 Å². The number of hydrogen-bond acceptors (Lipinski definition) is 6. The summed E-state index contributed by atoms with van der Waals surface area (Å²) in [5.74, 6) is 2.26. The van der Waals surface area contributed by atoms with Gasteiger partial charge in [-0.05, 0) is 80.4 Å². The Labute approximate surface area is 210 Å². The topological polar surface area (TPSA) is 86.3 Å². The third-order valence-electron chi connectivity index (χ3n) is 5.47. The standard InChI is InChI=1S/C28H30N2O6/c1-3-33-22-9-11-23(12-10-22)35-18-27(31)29-21-8-13-26-25(17-21)30(28(32)19-36-26)14-5-15-34-24-7-4-6-20(2)16-24/h4,6-13,16-17H,3,5,14-15,18-19H2,1-2H3,(H,29,31). The van der Waals surface area contributed by atoms with Crippen LogP contribution in [-0.2, 0) is 9.59 Å². The maximum atomic E-state index is 12.6. The van der Waals surface area contributed by atoms with Gasteiger partial charge in [-0.2, -0.15) is 0 Å². The van der Waals surface area contributed by atoms with Crippen molar-refractivity contribution in [3.8, 4) is 23.0 Å². The number of benzene rings is 3. The fourth-order valence-corrected chi connectivity index (χ4v) is 3.79. The van der Waals surface area contributed by atoms with Crippen LogP contribution in [0.15, 0.2) is 66.7 Å². The molecule has 0 saturated heterocycles. The SMILES string of the molecule is CCOc1ccc(OCC(=O)Nc2ccc3c(c2)N(CCCOc2cccc(C)c2)C(=O)CO3)cc1.